The van der Waals surface area contributed by atoms with Crippen molar-refractivity contribution in [3.8, 4) is 5.75 Å². The number of hydrogen-bond donors (Lipinski definition) is 2. The highest BCUT2D eigenvalue weighted by molar-refractivity contribution is 6.02. The van der Waals surface area contributed by atoms with Crippen LogP contribution >= 0.6 is 0 Å². The number of fused-ring (bicyclic) bond motifs is 1. The van der Waals surface area contributed by atoms with E-state index in [1.807, 2.05) is 12.1 Å². The fourth-order valence-electron chi connectivity index (χ4n) is 3.20. The molecule has 28 heavy (non-hydrogen) atoms. The van der Waals surface area contributed by atoms with E-state index >= 15 is 0 Å². The van der Waals surface area contributed by atoms with Gasteiger partial charge in [0.2, 0.25) is 5.91 Å². The van der Waals surface area contributed by atoms with Crippen molar-refractivity contribution < 1.29 is 18.7 Å². The van der Waals surface area contributed by atoms with Crippen LogP contribution in [-0.2, 0) is 9.53 Å². The van der Waals surface area contributed by atoms with Crippen molar-refractivity contribution in [1.29, 1.82) is 0 Å². The van der Waals surface area contributed by atoms with E-state index in [-0.39, 0.29) is 17.8 Å². The maximum atomic E-state index is 13.7. The summed E-state index contributed by atoms with van der Waals surface area (Å²) in [5.41, 5.74) is 2.88. The first-order valence-electron chi connectivity index (χ1n) is 9.06. The number of nitrogens with zero attached hydrogens (tertiary/aromatic N) is 1. The molecule has 4 rings (SSSR count). The van der Waals surface area contributed by atoms with Crippen LogP contribution in [0.4, 0.5) is 10.1 Å². The molecule has 0 radical (unpaired) electrons. The number of amides is 1. The Kier molecular flexibility index (Phi) is 5.08. The first kappa shape index (κ1) is 18.2. The fourth-order valence-corrected chi connectivity index (χ4v) is 3.20. The lowest BCUT2D eigenvalue weighted by Crippen LogP contribution is -2.07. The Morgan fingerprint density at radius 3 is 3.00 bits per heavy atom. The second kappa shape index (κ2) is 7.82. The molecular formula is C21H20FN3O3. The SMILES string of the molecule is COc1ccc(/C=C/C(=O)Nc2ccc3nc(C4CCCO4)[nH]c3c2)cc1F. The van der Waals surface area contributed by atoms with Crippen LogP contribution in [0.15, 0.2) is 42.5 Å². The minimum atomic E-state index is -0.475. The first-order chi connectivity index (χ1) is 13.6. The molecule has 2 N–H and O–H groups in total. The summed E-state index contributed by atoms with van der Waals surface area (Å²) in [6.45, 7) is 0.757. The number of nitrogens with one attached hydrogen (secondary N) is 2. The molecule has 0 spiro atoms. The second-order valence-corrected chi connectivity index (χ2v) is 6.57. The van der Waals surface area contributed by atoms with Crippen LogP contribution < -0.4 is 10.1 Å². The molecule has 144 valence electrons. The summed E-state index contributed by atoms with van der Waals surface area (Å²) < 4.78 is 24.2. The highest BCUT2D eigenvalue weighted by atomic mass is 19.1. The van der Waals surface area contributed by atoms with Crippen molar-refractivity contribution in [2.75, 3.05) is 19.0 Å². The number of hydrogen-bond acceptors (Lipinski definition) is 4. The Bertz CT molecular complexity index is 1040. The molecule has 0 bridgehead atoms. The van der Waals surface area contributed by atoms with E-state index in [1.54, 1.807) is 18.2 Å². The Hall–Kier alpha value is -3.19. The Balaban J connectivity index is 1.45. The van der Waals surface area contributed by atoms with Gasteiger partial charge >= 0.3 is 0 Å². The predicted molar refractivity (Wildman–Crippen MR) is 105 cm³/mol. The third-order valence-electron chi connectivity index (χ3n) is 4.61. The third kappa shape index (κ3) is 3.89. The third-order valence-corrected chi connectivity index (χ3v) is 4.61. The summed E-state index contributed by atoms with van der Waals surface area (Å²) in [5, 5.41) is 2.80. The van der Waals surface area contributed by atoms with Crippen molar-refractivity contribution in [1.82, 2.24) is 9.97 Å². The lowest BCUT2D eigenvalue weighted by atomic mass is 10.2. The van der Waals surface area contributed by atoms with Crippen LogP contribution in [0, 0.1) is 5.82 Å². The summed E-state index contributed by atoms with van der Waals surface area (Å²) in [7, 11) is 1.40. The van der Waals surface area contributed by atoms with Gasteiger partial charge in [0, 0.05) is 18.4 Å². The largest absolute Gasteiger partial charge is 0.494 e. The lowest BCUT2D eigenvalue weighted by molar-refractivity contribution is -0.111. The fraction of sp³-hybridized carbons (Fsp3) is 0.238. The minimum Gasteiger partial charge on any atom is -0.494 e. The highest BCUT2D eigenvalue weighted by Gasteiger charge is 2.21. The number of benzene rings is 2. The number of carbonyl (C=O) groups excluding carboxylic acids is 1. The zero-order valence-electron chi connectivity index (χ0n) is 15.4. The summed E-state index contributed by atoms with van der Waals surface area (Å²) in [6, 6.07) is 9.98. The van der Waals surface area contributed by atoms with Crippen LogP contribution in [0.25, 0.3) is 17.1 Å². The van der Waals surface area contributed by atoms with Crippen LogP contribution in [0.1, 0.15) is 30.3 Å². The minimum absolute atomic E-state index is 0.0123. The molecule has 1 aliphatic heterocycles. The summed E-state index contributed by atoms with van der Waals surface area (Å²) >= 11 is 0. The van der Waals surface area contributed by atoms with Gasteiger partial charge < -0.3 is 19.8 Å². The Morgan fingerprint density at radius 2 is 2.25 bits per heavy atom. The van der Waals surface area contributed by atoms with Crippen molar-refractivity contribution >= 4 is 28.7 Å². The van der Waals surface area contributed by atoms with Gasteiger partial charge in [-0.25, -0.2) is 9.37 Å². The molecule has 1 fully saturated rings. The van der Waals surface area contributed by atoms with Crippen molar-refractivity contribution in [2.45, 2.75) is 18.9 Å². The van der Waals surface area contributed by atoms with Gasteiger partial charge in [0.05, 0.1) is 18.1 Å². The number of anilines is 1. The molecule has 1 aromatic heterocycles. The van der Waals surface area contributed by atoms with E-state index in [9.17, 15) is 9.18 Å². The molecule has 6 nitrogen and oxygen atoms in total. The van der Waals surface area contributed by atoms with Crippen LogP contribution in [0.2, 0.25) is 0 Å². The molecule has 3 aromatic rings. The van der Waals surface area contributed by atoms with Gasteiger partial charge in [-0.05, 0) is 54.8 Å². The maximum Gasteiger partial charge on any atom is 0.248 e. The molecule has 1 saturated heterocycles. The molecule has 2 heterocycles. The molecule has 1 unspecified atom stereocenters. The van der Waals surface area contributed by atoms with Gasteiger partial charge in [0.25, 0.3) is 0 Å². The van der Waals surface area contributed by atoms with E-state index in [4.69, 9.17) is 9.47 Å². The molecule has 0 aliphatic carbocycles. The van der Waals surface area contributed by atoms with Crippen molar-refractivity contribution in [3.63, 3.8) is 0 Å². The summed E-state index contributed by atoms with van der Waals surface area (Å²) in [5.74, 6) is 0.195. The van der Waals surface area contributed by atoms with Gasteiger partial charge in [-0.1, -0.05) is 6.07 Å². The van der Waals surface area contributed by atoms with Crippen LogP contribution in [0.5, 0.6) is 5.75 Å². The lowest BCUT2D eigenvalue weighted by Gasteiger charge is -2.03. The first-order valence-corrected chi connectivity index (χ1v) is 9.06. The standard InChI is InChI=1S/C21H20FN3O3/c1-27-18-8-4-13(11-15(18)22)5-9-20(26)23-14-6-7-16-17(12-14)25-21(24-16)19-3-2-10-28-19/h4-9,11-12,19H,2-3,10H2,1H3,(H,23,26)(H,24,25)/b9-5+. The topological polar surface area (TPSA) is 76.2 Å². The molecule has 2 aromatic carbocycles. The number of halogens is 1. The van der Waals surface area contributed by atoms with E-state index < -0.39 is 5.82 Å². The van der Waals surface area contributed by atoms with Gasteiger partial charge in [0.15, 0.2) is 11.6 Å². The Labute approximate surface area is 161 Å². The number of methoxy groups -OCH3 is 1. The number of rotatable bonds is 5. The molecule has 7 heteroatoms. The highest BCUT2D eigenvalue weighted by Crippen LogP contribution is 2.28. The number of ether oxygens (including phenoxy) is 2. The number of carbonyl (C=O) groups is 1. The average molecular weight is 381 g/mol. The van der Waals surface area contributed by atoms with Crippen molar-refractivity contribution in [2.24, 2.45) is 0 Å². The molecule has 1 aliphatic rings. The smallest absolute Gasteiger partial charge is 0.248 e. The summed E-state index contributed by atoms with van der Waals surface area (Å²) in [6.07, 6.45) is 4.91. The zero-order chi connectivity index (χ0) is 19.5. The van der Waals surface area contributed by atoms with E-state index in [0.717, 1.165) is 36.3 Å². The predicted octanol–water partition coefficient (Wildman–Crippen LogP) is 4.21. The number of aromatic amines is 1. The van der Waals surface area contributed by atoms with Crippen LogP contribution in [-0.4, -0.2) is 29.6 Å². The Morgan fingerprint density at radius 1 is 1.36 bits per heavy atom. The number of H-pyrrole nitrogens is 1. The zero-order valence-corrected chi connectivity index (χ0v) is 15.4. The van der Waals surface area contributed by atoms with Gasteiger partial charge in [0.1, 0.15) is 11.9 Å². The number of aromatic nitrogens is 2. The molecule has 0 saturated carbocycles. The van der Waals surface area contributed by atoms with E-state index in [2.05, 4.69) is 15.3 Å². The number of imidazole rings is 1. The van der Waals surface area contributed by atoms with Crippen LogP contribution in [0.3, 0.4) is 0 Å². The average Bonchev–Trinajstić information content (AvgIpc) is 3.35. The monoisotopic (exact) mass is 381 g/mol. The second-order valence-electron chi connectivity index (χ2n) is 6.57. The maximum absolute atomic E-state index is 13.7. The molecule has 1 amide bonds. The van der Waals surface area contributed by atoms with Gasteiger partial charge in [-0.2, -0.15) is 0 Å². The van der Waals surface area contributed by atoms with Gasteiger partial charge in [-0.3, -0.25) is 4.79 Å². The van der Waals surface area contributed by atoms with Gasteiger partial charge in [-0.15, -0.1) is 0 Å². The van der Waals surface area contributed by atoms with E-state index in [0.29, 0.717) is 11.3 Å². The molecular weight excluding hydrogens is 361 g/mol. The van der Waals surface area contributed by atoms with Crippen molar-refractivity contribution in [3.05, 3.63) is 59.7 Å². The molecule has 1 atom stereocenters. The summed E-state index contributed by atoms with van der Waals surface area (Å²) in [4.78, 5) is 20.0. The van der Waals surface area contributed by atoms with E-state index in [1.165, 1.54) is 25.3 Å². The quantitative estimate of drug-likeness (QED) is 0.649. The normalized spacial score (nSPS) is 16.7.